The van der Waals surface area contributed by atoms with Gasteiger partial charge in [0.2, 0.25) is 0 Å². The van der Waals surface area contributed by atoms with Gasteiger partial charge in [-0.15, -0.1) is 0 Å². The van der Waals surface area contributed by atoms with Gasteiger partial charge in [-0.1, -0.05) is 29.8 Å². The molecule has 0 saturated carbocycles. The van der Waals surface area contributed by atoms with Gasteiger partial charge in [0.25, 0.3) is 0 Å². The van der Waals surface area contributed by atoms with E-state index in [1.165, 1.54) is 0 Å². The van der Waals surface area contributed by atoms with Crippen molar-refractivity contribution in [1.82, 2.24) is 0 Å². The number of hydrogen-bond acceptors (Lipinski definition) is 1. The summed E-state index contributed by atoms with van der Waals surface area (Å²) in [7, 11) is 0. The highest BCUT2D eigenvalue weighted by Crippen LogP contribution is 2.22. The Morgan fingerprint density at radius 2 is 2.00 bits per heavy atom. The molecular weight excluding hydrogens is 310 g/mol. The van der Waals surface area contributed by atoms with E-state index in [0.29, 0.717) is 20.5 Å². The molecule has 0 fully saturated rings. The fourth-order valence-corrected chi connectivity index (χ4v) is 2.02. The molecule has 12 heavy (non-hydrogen) atoms. The lowest BCUT2D eigenvalue weighted by Gasteiger charge is -1.97. The summed E-state index contributed by atoms with van der Waals surface area (Å²) in [5, 5.41) is 0.820. The van der Waals surface area contributed by atoms with E-state index in [-0.39, 0.29) is 5.03 Å². The molecule has 1 nitrogen and oxygen atoms in total. The standard InChI is InChI=1S/C8H7Cl2IO/c1-5(9)3-8(11)7(4-12)6(2)10/h3-4H,2H2,1H3/b5-3+,8-7+. The van der Waals surface area contributed by atoms with Crippen LogP contribution in [0.2, 0.25) is 0 Å². The van der Waals surface area contributed by atoms with Crippen molar-refractivity contribution in [2.24, 2.45) is 0 Å². The first kappa shape index (κ1) is 12.2. The number of carbonyl (C=O) groups is 1. The maximum atomic E-state index is 10.5. The molecule has 0 atom stereocenters. The van der Waals surface area contributed by atoms with Gasteiger partial charge < -0.3 is 0 Å². The van der Waals surface area contributed by atoms with Gasteiger partial charge >= 0.3 is 0 Å². The lowest BCUT2D eigenvalue weighted by Crippen LogP contribution is -1.85. The fraction of sp³-hybridized carbons (Fsp3) is 0.125. The Morgan fingerprint density at radius 3 is 2.25 bits per heavy atom. The largest absolute Gasteiger partial charge is 0.298 e. The van der Waals surface area contributed by atoms with Crippen molar-refractivity contribution in [1.29, 1.82) is 0 Å². The van der Waals surface area contributed by atoms with E-state index in [1.54, 1.807) is 13.0 Å². The number of carbonyl (C=O) groups excluding carboxylic acids is 1. The SMILES string of the molecule is C=C(Cl)/C(C=O)=C(I)\C=C(/C)Cl. The Labute approximate surface area is 95.3 Å². The van der Waals surface area contributed by atoms with Crippen LogP contribution >= 0.6 is 45.8 Å². The molecule has 0 amide bonds. The van der Waals surface area contributed by atoms with E-state index in [2.05, 4.69) is 6.58 Å². The Morgan fingerprint density at radius 1 is 1.50 bits per heavy atom. The number of aldehydes is 1. The van der Waals surface area contributed by atoms with Gasteiger partial charge in [0, 0.05) is 19.2 Å². The van der Waals surface area contributed by atoms with Crippen LogP contribution in [0.3, 0.4) is 0 Å². The third-order valence-electron chi connectivity index (χ3n) is 0.993. The van der Waals surface area contributed by atoms with Crippen molar-refractivity contribution in [3.63, 3.8) is 0 Å². The summed E-state index contributed by atoms with van der Waals surface area (Å²) in [5.74, 6) is 0. The summed E-state index contributed by atoms with van der Waals surface area (Å²) in [6.07, 6.45) is 2.31. The number of hydrogen-bond donors (Lipinski definition) is 0. The summed E-state index contributed by atoms with van der Waals surface area (Å²) in [6, 6.07) is 0. The highest BCUT2D eigenvalue weighted by molar-refractivity contribution is 14.1. The molecule has 0 aromatic rings. The predicted molar refractivity (Wildman–Crippen MR) is 61.7 cm³/mol. The molecule has 0 radical (unpaired) electrons. The average molecular weight is 317 g/mol. The molecule has 0 N–H and O–H groups in total. The molecule has 0 unspecified atom stereocenters. The first-order valence-corrected chi connectivity index (χ1v) is 4.86. The number of allylic oxidation sites excluding steroid dienone is 5. The van der Waals surface area contributed by atoms with Crippen molar-refractivity contribution >= 4 is 52.1 Å². The monoisotopic (exact) mass is 316 g/mol. The molecule has 0 aromatic heterocycles. The van der Waals surface area contributed by atoms with Gasteiger partial charge in [0.15, 0.2) is 6.29 Å². The van der Waals surface area contributed by atoms with E-state index in [9.17, 15) is 4.79 Å². The summed E-state index contributed by atoms with van der Waals surface area (Å²) >= 11 is 13.1. The van der Waals surface area contributed by atoms with Gasteiger partial charge in [0.1, 0.15) is 0 Å². The van der Waals surface area contributed by atoms with Crippen LogP contribution in [0.1, 0.15) is 6.92 Å². The molecule has 0 aromatic carbocycles. The van der Waals surface area contributed by atoms with Crippen LogP contribution in [0, 0.1) is 0 Å². The van der Waals surface area contributed by atoms with E-state index in [0.717, 1.165) is 0 Å². The molecule has 0 saturated heterocycles. The van der Waals surface area contributed by atoms with Gasteiger partial charge in [-0.2, -0.15) is 0 Å². The van der Waals surface area contributed by atoms with Crippen molar-refractivity contribution in [3.05, 3.63) is 31.9 Å². The molecule has 0 rings (SSSR count). The highest BCUT2D eigenvalue weighted by Gasteiger charge is 2.02. The molecular formula is C8H7Cl2IO. The number of halogens is 3. The second-order valence-electron chi connectivity index (χ2n) is 2.02. The van der Waals surface area contributed by atoms with Crippen LogP contribution in [0.25, 0.3) is 0 Å². The van der Waals surface area contributed by atoms with Gasteiger partial charge in [-0.05, 0) is 35.6 Å². The van der Waals surface area contributed by atoms with Crippen LogP contribution in [0.4, 0.5) is 0 Å². The van der Waals surface area contributed by atoms with Crippen molar-refractivity contribution in [2.45, 2.75) is 6.92 Å². The molecule has 66 valence electrons. The van der Waals surface area contributed by atoms with Crippen molar-refractivity contribution in [3.8, 4) is 0 Å². The Hall–Kier alpha value is 0.200. The molecule has 0 heterocycles. The van der Waals surface area contributed by atoms with Gasteiger partial charge in [-0.3, -0.25) is 4.79 Å². The minimum absolute atomic E-state index is 0.226. The number of rotatable bonds is 3. The Balaban J connectivity index is 4.98. The predicted octanol–water partition coefficient (Wildman–Crippen LogP) is 3.77. The zero-order valence-corrected chi connectivity index (χ0v) is 10.1. The van der Waals surface area contributed by atoms with E-state index >= 15 is 0 Å². The van der Waals surface area contributed by atoms with Crippen molar-refractivity contribution in [2.75, 3.05) is 0 Å². The lowest BCUT2D eigenvalue weighted by molar-refractivity contribution is -0.104. The molecule has 0 aliphatic carbocycles. The Bertz CT molecular complexity index is 262. The molecule has 4 heteroatoms. The normalized spacial score (nSPS) is 13.8. The summed E-state index contributed by atoms with van der Waals surface area (Å²) < 4.78 is 0.690. The van der Waals surface area contributed by atoms with Crippen LogP contribution < -0.4 is 0 Å². The van der Waals surface area contributed by atoms with Crippen LogP contribution in [-0.2, 0) is 4.79 Å². The second-order valence-corrected chi connectivity index (χ2v) is 4.23. The molecule has 0 aliphatic rings. The zero-order chi connectivity index (χ0) is 9.72. The van der Waals surface area contributed by atoms with Crippen LogP contribution in [0.15, 0.2) is 31.9 Å². The fourth-order valence-electron chi connectivity index (χ4n) is 0.502. The van der Waals surface area contributed by atoms with E-state index < -0.39 is 0 Å². The average Bonchev–Trinajstić information content (AvgIpc) is 1.85. The maximum Gasteiger partial charge on any atom is 0.152 e. The zero-order valence-electron chi connectivity index (χ0n) is 6.40. The minimum Gasteiger partial charge on any atom is -0.298 e. The van der Waals surface area contributed by atoms with Crippen LogP contribution in [0.5, 0.6) is 0 Å². The van der Waals surface area contributed by atoms with Crippen molar-refractivity contribution < 1.29 is 4.79 Å². The third-order valence-corrected chi connectivity index (χ3v) is 2.20. The highest BCUT2D eigenvalue weighted by atomic mass is 127. The van der Waals surface area contributed by atoms with E-state index in [1.807, 2.05) is 22.6 Å². The molecule has 0 aliphatic heterocycles. The first-order chi connectivity index (χ1) is 5.49. The topological polar surface area (TPSA) is 17.1 Å². The van der Waals surface area contributed by atoms with E-state index in [4.69, 9.17) is 23.2 Å². The summed E-state index contributed by atoms with van der Waals surface area (Å²) in [5.41, 5.74) is 0.372. The quantitative estimate of drug-likeness (QED) is 0.335. The first-order valence-electron chi connectivity index (χ1n) is 3.02. The minimum atomic E-state index is 0.226. The Kier molecular flexibility index (Phi) is 5.88. The molecule has 0 bridgehead atoms. The lowest BCUT2D eigenvalue weighted by atomic mass is 10.2. The third kappa shape index (κ3) is 4.28. The smallest absolute Gasteiger partial charge is 0.152 e. The summed E-state index contributed by atoms with van der Waals surface area (Å²) in [6.45, 7) is 5.18. The second kappa shape index (κ2) is 5.78. The molecule has 0 spiro atoms. The maximum absolute atomic E-state index is 10.5. The van der Waals surface area contributed by atoms with Gasteiger partial charge in [0.05, 0.1) is 0 Å². The van der Waals surface area contributed by atoms with Crippen LogP contribution in [-0.4, -0.2) is 6.29 Å². The summed E-state index contributed by atoms with van der Waals surface area (Å²) in [4.78, 5) is 10.5. The van der Waals surface area contributed by atoms with Gasteiger partial charge in [-0.25, -0.2) is 0 Å².